The van der Waals surface area contributed by atoms with Crippen LogP contribution < -0.4 is 4.74 Å². The van der Waals surface area contributed by atoms with Gasteiger partial charge >= 0.3 is 0 Å². The molecule has 2 aromatic rings. The fraction of sp³-hybridized carbons (Fsp3) is 0.333. The highest BCUT2D eigenvalue weighted by molar-refractivity contribution is 7.99. The van der Waals surface area contributed by atoms with Gasteiger partial charge in [0.05, 0.1) is 13.2 Å². The van der Waals surface area contributed by atoms with Crippen LogP contribution in [0.15, 0.2) is 47.4 Å². The van der Waals surface area contributed by atoms with Gasteiger partial charge in [0.15, 0.2) is 0 Å². The molecule has 0 spiro atoms. The average molecular weight is 302 g/mol. The third kappa shape index (κ3) is 4.26. The van der Waals surface area contributed by atoms with Gasteiger partial charge < -0.3 is 9.84 Å². The highest BCUT2D eigenvalue weighted by Crippen LogP contribution is 2.27. The van der Waals surface area contributed by atoms with E-state index in [1.165, 1.54) is 10.5 Å². The minimum Gasteiger partial charge on any atom is -0.496 e. The predicted octanol–water partition coefficient (Wildman–Crippen LogP) is 4.39. The Kier molecular flexibility index (Phi) is 5.71. The third-order valence-corrected chi connectivity index (χ3v) is 4.32. The van der Waals surface area contributed by atoms with Gasteiger partial charge in [-0.2, -0.15) is 0 Å². The van der Waals surface area contributed by atoms with E-state index in [1.807, 2.05) is 31.2 Å². The van der Waals surface area contributed by atoms with E-state index in [4.69, 9.17) is 4.74 Å². The number of thioether (sulfide) groups is 1. The van der Waals surface area contributed by atoms with E-state index in [1.54, 1.807) is 18.9 Å². The van der Waals surface area contributed by atoms with Gasteiger partial charge in [-0.15, -0.1) is 11.8 Å². The molecule has 0 bridgehead atoms. The summed E-state index contributed by atoms with van der Waals surface area (Å²) in [6.45, 7) is 4.18. The van der Waals surface area contributed by atoms with Gasteiger partial charge in [-0.3, -0.25) is 0 Å². The Morgan fingerprint density at radius 1 is 1.14 bits per heavy atom. The smallest absolute Gasteiger partial charge is 0.122 e. The van der Waals surface area contributed by atoms with Crippen molar-refractivity contribution in [1.82, 2.24) is 0 Å². The van der Waals surface area contributed by atoms with E-state index in [-0.39, 0.29) is 0 Å². The molecule has 2 aromatic carbocycles. The highest BCUT2D eigenvalue weighted by atomic mass is 32.2. The molecule has 1 atom stereocenters. The van der Waals surface area contributed by atoms with Crippen LogP contribution in [0.5, 0.6) is 5.75 Å². The zero-order valence-corrected chi connectivity index (χ0v) is 13.6. The fourth-order valence-corrected chi connectivity index (χ4v) is 3.01. The first-order chi connectivity index (χ1) is 10.1. The van der Waals surface area contributed by atoms with Crippen LogP contribution in [0.1, 0.15) is 29.7 Å². The van der Waals surface area contributed by atoms with Gasteiger partial charge in [0.1, 0.15) is 5.75 Å². The second kappa shape index (κ2) is 7.53. The monoisotopic (exact) mass is 302 g/mol. The largest absolute Gasteiger partial charge is 0.496 e. The number of methoxy groups -OCH3 is 1. The average Bonchev–Trinajstić information content (AvgIpc) is 2.48. The summed E-state index contributed by atoms with van der Waals surface area (Å²) in [5, 5.41) is 10.4. The Morgan fingerprint density at radius 2 is 1.86 bits per heavy atom. The van der Waals surface area contributed by atoms with Crippen molar-refractivity contribution in [1.29, 1.82) is 0 Å². The Labute approximate surface area is 131 Å². The standard InChI is InChI=1S/C18H22O2S/c1-4-21-16-8-6-14(7-9-16)17(19)12-15-11-13(2)5-10-18(15)20-3/h5-11,17,19H,4,12H2,1-3H3. The molecule has 0 heterocycles. The molecule has 0 saturated carbocycles. The first kappa shape index (κ1) is 15.9. The molecule has 2 nitrogen and oxygen atoms in total. The van der Waals surface area contributed by atoms with Crippen molar-refractivity contribution >= 4 is 11.8 Å². The van der Waals surface area contributed by atoms with Crippen LogP contribution in [0.3, 0.4) is 0 Å². The normalized spacial score (nSPS) is 12.2. The Bertz CT molecular complexity index is 578. The van der Waals surface area contributed by atoms with E-state index in [0.29, 0.717) is 6.42 Å². The van der Waals surface area contributed by atoms with Crippen LogP contribution in [-0.4, -0.2) is 18.0 Å². The van der Waals surface area contributed by atoms with Crippen LogP contribution >= 0.6 is 11.8 Å². The molecular formula is C18H22O2S. The number of rotatable bonds is 6. The number of hydrogen-bond acceptors (Lipinski definition) is 3. The molecule has 0 amide bonds. The van der Waals surface area contributed by atoms with E-state index in [2.05, 4.69) is 25.1 Å². The van der Waals surface area contributed by atoms with E-state index < -0.39 is 6.10 Å². The molecule has 112 valence electrons. The molecule has 0 aromatic heterocycles. The topological polar surface area (TPSA) is 29.5 Å². The number of benzene rings is 2. The van der Waals surface area contributed by atoms with Crippen LogP contribution in [0.25, 0.3) is 0 Å². The van der Waals surface area contributed by atoms with Crippen molar-refractivity contribution in [3.63, 3.8) is 0 Å². The summed E-state index contributed by atoms with van der Waals surface area (Å²) in [5.74, 6) is 1.89. The molecule has 1 N–H and O–H groups in total. The maximum atomic E-state index is 10.4. The summed E-state index contributed by atoms with van der Waals surface area (Å²) in [7, 11) is 1.66. The summed E-state index contributed by atoms with van der Waals surface area (Å²) < 4.78 is 5.37. The van der Waals surface area contributed by atoms with Crippen molar-refractivity contribution in [2.75, 3.05) is 12.9 Å². The lowest BCUT2D eigenvalue weighted by Crippen LogP contribution is -2.03. The van der Waals surface area contributed by atoms with Crippen LogP contribution in [0.2, 0.25) is 0 Å². The molecule has 0 fully saturated rings. The van der Waals surface area contributed by atoms with Gasteiger partial charge in [0, 0.05) is 11.3 Å². The predicted molar refractivity (Wildman–Crippen MR) is 89.2 cm³/mol. The first-order valence-electron chi connectivity index (χ1n) is 7.18. The number of aliphatic hydroxyl groups excluding tert-OH is 1. The Balaban J connectivity index is 2.13. The van der Waals surface area contributed by atoms with Crippen molar-refractivity contribution in [2.45, 2.75) is 31.3 Å². The summed E-state index contributed by atoms with van der Waals surface area (Å²) in [5.41, 5.74) is 3.16. The lowest BCUT2D eigenvalue weighted by atomic mass is 9.99. The van der Waals surface area contributed by atoms with Crippen molar-refractivity contribution in [3.8, 4) is 5.75 Å². The van der Waals surface area contributed by atoms with Gasteiger partial charge in [0.25, 0.3) is 0 Å². The second-order valence-corrected chi connectivity index (χ2v) is 6.37. The van der Waals surface area contributed by atoms with E-state index in [9.17, 15) is 5.11 Å². The van der Waals surface area contributed by atoms with E-state index >= 15 is 0 Å². The first-order valence-corrected chi connectivity index (χ1v) is 8.17. The molecule has 0 radical (unpaired) electrons. The Hall–Kier alpha value is -1.45. The summed E-state index contributed by atoms with van der Waals surface area (Å²) in [6.07, 6.45) is 0.0480. The molecule has 21 heavy (non-hydrogen) atoms. The number of aryl methyl sites for hydroxylation is 1. The maximum absolute atomic E-state index is 10.4. The van der Waals surface area contributed by atoms with Gasteiger partial charge in [-0.1, -0.05) is 36.8 Å². The fourth-order valence-electron chi connectivity index (χ4n) is 2.35. The number of aliphatic hydroxyl groups is 1. The van der Waals surface area contributed by atoms with Gasteiger partial charge in [0.2, 0.25) is 0 Å². The maximum Gasteiger partial charge on any atom is 0.122 e. The van der Waals surface area contributed by atoms with Crippen LogP contribution in [-0.2, 0) is 6.42 Å². The minimum atomic E-state index is -0.513. The SMILES string of the molecule is CCSc1ccc(C(O)Cc2cc(C)ccc2OC)cc1. The summed E-state index contributed by atoms with van der Waals surface area (Å²) in [6, 6.07) is 14.2. The van der Waals surface area contributed by atoms with Gasteiger partial charge in [-0.05, 0) is 42.0 Å². The zero-order chi connectivity index (χ0) is 15.2. The van der Waals surface area contributed by atoms with Crippen LogP contribution in [0, 0.1) is 6.92 Å². The summed E-state index contributed by atoms with van der Waals surface area (Å²) >= 11 is 1.81. The molecule has 0 aliphatic heterocycles. The van der Waals surface area contributed by atoms with E-state index in [0.717, 1.165) is 22.6 Å². The molecule has 0 saturated heterocycles. The van der Waals surface area contributed by atoms with Crippen molar-refractivity contribution in [2.24, 2.45) is 0 Å². The van der Waals surface area contributed by atoms with Gasteiger partial charge in [-0.25, -0.2) is 0 Å². The zero-order valence-electron chi connectivity index (χ0n) is 12.8. The third-order valence-electron chi connectivity index (χ3n) is 3.43. The molecular weight excluding hydrogens is 280 g/mol. The molecule has 2 rings (SSSR count). The van der Waals surface area contributed by atoms with Crippen molar-refractivity contribution < 1.29 is 9.84 Å². The highest BCUT2D eigenvalue weighted by Gasteiger charge is 2.12. The number of hydrogen-bond donors (Lipinski definition) is 1. The van der Waals surface area contributed by atoms with Crippen molar-refractivity contribution in [3.05, 3.63) is 59.2 Å². The lowest BCUT2D eigenvalue weighted by molar-refractivity contribution is 0.177. The summed E-state index contributed by atoms with van der Waals surface area (Å²) in [4.78, 5) is 1.24. The molecule has 0 aliphatic rings. The molecule has 1 unspecified atom stereocenters. The molecule has 3 heteroatoms. The van der Waals surface area contributed by atoms with Crippen LogP contribution in [0.4, 0.5) is 0 Å². The molecule has 0 aliphatic carbocycles. The minimum absolute atomic E-state index is 0.513. The number of ether oxygens (including phenoxy) is 1. The Morgan fingerprint density at radius 3 is 2.48 bits per heavy atom. The quantitative estimate of drug-likeness (QED) is 0.802. The second-order valence-electron chi connectivity index (χ2n) is 5.04. The lowest BCUT2D eigenvalue weighted by Gasteiger charge is -2.15.